The van der Waals surface area contributed by atoms with Crippen LogP contribution in [0, 0.1) is 0 Å². The maximum Gasteiger partial charge on any atom is 2.00 e. The van der Waals surface area contributed by atoms with Crippen molar-refractivity contribution in [3.63, 3.8) is 0 Å². The van der Waals surface area contributed by atoms with Crippen LogP contribution in [0.15, 0.2) is 48.5 Å². The normalized spacial score (nSPS) is 11.4. The second-order valence-electron chi connectivity index (χ2n) is 6.25. The molecule has 0 spiro atoms. The summed E-state index contributed by atoms with van der Waals surface area (Å²) in [4.78, 5) is 0. The third-order valence-electron chi connectivity index (χ3n) is 3.27. The van der Waals surface area contributed by atoms with Crippen LogP contribution in [0.25, 0.3) is 0 Å². The second kappa shape index (κ2) is 12.3. The minimum Gasteiger partial charge on any atom is -0.282 e. The Hall–Kier alpha value is -0.0805. The molecule has 0 aromatic heterocycles. The SMILES string of the molecule is CN(C)P([c-]1cccc1)N(C)C.CN(C)P([c-]1cccc1)N(C)C.[Fe+2]. The Morgan fingerprint density at radius 3 is 0.840 bits per heavy atom. The molecule has 0 unspecified atom stereocenters. The molecule has 4 nitrogen and oxygen atoms in total. The average molecular weight is 422 g/mol. The summed E-state index contributed by atoms with van der Waals surface area (Å²) in [5, 5.41) is 2.83. The monoisotopic (exact) mass is 422 g/mol. The van der Waals surface area contributed by atoms with Crippen molar-refractivity contribution in [3.05, 3.63) is 48.5 Å². The first-order valence-electron chi connectivity index (χ1n) is 7.98. The van der Waals surface area contributed by atoms with Crippen molar-refractivity contribution >= 4 is 27.1 Å². The number of rotatable bonds is 6. The van der Waals surface area contributed by atoms with Crippen LogP contribution in [0.4, 0.5) is 0 Å². The van der Waals surface area contributed by atoms with E-state index in [1.54, 1.807) is 0 Å². The van der Waals surface area contributed by atoms with Gasteiger partial charge < -0.3 is 0 Å². The predicted octanol–water partition coefficient (Wildman–Crippen LogP) is 2.93. The van der Waals surface area contributed by atoms with Crippen LogP contribution in [0.3, 0.4) is 0 Å². The van der Waals surface area contributed by atoms with Gasteiger partial charge in [0.2, 0.25) is 0 Å². The summed E-state index contributed by atoms with van der Waals surface area (Å²) in [7, 11) is 16.4. The molecule has 0 saturated carbocycles. The summed E-state index contributed by atoms with van der Waals surface area (Å²) in [5.74, 6) is 0. The Balaban J connectivity index is 0.000000443. The molecule has 2 aromatic carbocycles. The van der Waals surface area contributed by atoms with E-state index in [0.29, 0.717) is 0 Å². The van der Waals surface area contributed by atoms with Crippen molar-refractivity contribution in [1.82, 2.24) is 18.7 Å². The third-order valence-corrected chi connectivity index (χ3v) is 7.82. The van der Waals surface area contributed by atoms with E-state index >= 15 is 0 Å². The maximum absolute atomic E-state index is 2.27. The van der Waals surface area contributed by atoms with Gasteiger partial charge in [0.15, 0.2) is 0 Å². The van der Waals surface area contributed by atoms with Gasteiger partial charge in [0.25, 0.3) is 0 Å². The van der Waals surface area contributed by atoms with Crippen molar-refractivity contribution in [2.75, 3.05) is 56.4 Å². The molecule has 2 aromatic rings. The van der Waals surface area contributed by atoms with Gasteiger partial charge in [-0.05, 0) is 56.4 Å². The minimum absolute atomic E-state index is 0. The first kappa shape index (κ1) is 24.9. The average Bonchev–Trinajstić information content (AvgIpc) is 3.11. The summed E-state index contributed by atoms with van der Waals surface area (Å²) in [6, 6.07) is 17.1. The molecule has 0 aliphatic heterocycles. The Morgan fingerprint density at radius 2 is 0.680 bits per heavy atom. The summed E-state index contributed by atoms with van der Waals surface area (Å²) >= 11 is 0. The molecule has 0 aliphatic rings. The van der Waals surface area contributed by atoms with Gasteiger partial charge in [-0.3, -0.25) is 18.7 Å². The van der Waals surface area contributed by atoms with E-state index in [-0.39, 0.29) is 33.5 Å². The van der Waals surface area contributed by atoms with Gasteiger partial charge in [-0.15, -0.1) is 10.6 Å². The van der Waals surface area contributed by atoms with Gasteiger partial charge in [-0.1, -0.05) is 0 Å². The quantitative estimate of drug-likeness (QED) is 0.403. The van der Waals surface area contributed by atoms with Crippen LogP contribution < -0.4 is 10.6 Å². The van der Waals surface area contributed by atoms with E-state index in [1.807, 2.05) is 0 Å². The van der Waals surface area contributed by atoms with Crippen LogP contribution in [0.5, 0.6) is 0 Å². The summed E-state index contributed by atoms with van der Waals surface area (Å²) < 4.78 is 9.07. The molecule has 0 N–H and O–H groups in total. The van der Waals surface area contributed by atoms with Crippen LogP contribution in [0.1, 0.15) is 0 Å². The van der Waals surface area contributed by atoms with Crippen molar-refractivity contribution in [2.45, 2.75) is 0 Å². The van der Waals surface area contributed by atoms with Crippen LogP contribution >= 0.6 is 16.4 Å². The first-order valence-corrected chi connectivity index (χ1v) is 10.5. The fourth-order valence-electron chi connectivity index (χ4n) is 2.63. The molecule has 25 heavy (non-hydrogen) atoms. The minimum atomic E-state index is -0.270. The zero-order valence-electron chi connectivity index (χ0n) is 16.7. The standard InChI is InChI=1S/2C9H16N2P.Fe/c2*1-10(2)12(11(3)4)9-7-5-6-8-9;/h2*5-8H,1-4H3;/q2*-1;+2. The van der Waals surface area contributed by atoms with E-state index in [2.05, 4.69) is 124 Å². The van der Waals surface area contributed by atoms with Crippen LogP contribution in [-0.2, 0) is 17.1 Å². The summed E-state index contributed by atoms with van der Waals surface area (Å²) in [5.41, 5.74) is 0. The maximum atomic E-state index is 2.27. The van der Waals surface area contributed by atoms with Gasteiger partial charge in [-0.2, -0.15) is 24.3 Å². The van der Waals surface area contributed by atoms with Gasteiger partial charge in [0, 0.05) is 16.4 Å². The van der Waals surface area contributed by atoms with E-state index in [0.717, 1.165) is 0 Å². The molecular formula is C18H32FeN4P2. The fraction of sp³-hybridized carbons (Fsp3) is 0.444. The van der Waals surface area contributed by atoms with Gasteiger partial charge in [0.1, 0.15) is 0 Å². The van der Waals surface area contributed by atoms with E-state index in [9.17, 15) is 0 Å². The first-order chi connectivity index (χ1) is 11.3. The molecule has 0 saturated heterocycles. The van der Waals surface area contributed by atoms with E-state index in [4.69, 9.17) is 0 Å². The molecule has 0 atom stereocenters. The fourth-order valence-corrected chi connectivity index (χ4v) is 6.79. The Kier molecular flexibility index (Phi) is 12.3. The van der Waals surface area contributed by atoms with Gasteiger partial charge in [0.05, 0.1) is 0 Å². The zero-order valence-corrected chi connectivity index (χ0v) is 19.5. The third kappa shape index (κ3) is 7.99. The second-order valence-corrected chi connectivity index (χ2v) is 11.6. The molecule has 0 amide bonds. The number of nitrogens with zero attached hydrogens (tertiary/aromatic N) is 4. The molecular weight excluding hydrogens is 390 g/mol. The van der Waals surface area contributed by atoms with Crippen LogP contribution in [0.2, 0.25) is 0 Å². The zero-order chi connectivity index (χ0) is 18.3. The molecule has 7 heteroatoms. The molecule has 0 fully saturated rings. The largest absolute Gasteiger partial charge is 2.00 e. The smallest absolute Gasteiger partial charge is 0.282 e. The van der Waals surface area contributed by atoms with Gasteiger partial charge >= 0.3 is 17.1 Å². The van der Waals surface area contributed by atoms with E-state index in [1.165, 1.54) is 10.6 Å². The van der Waals surface area contributed by atoms with Gasteiger partial charge in [-0.25, -0.2) is 24.3 Å². The number of hydrogen-bond acceptors (Lipinski definition) is 4. The van der Waals surface area contributed by atoms with Crippen molar-refractivity contribution in [2.24, 2.45) is 0 Å². The summed E-state index contributed by atoms with van der Waals surface area (Å²) in [6.45, 7) is 0. The molecule has 0 heterocycles. The Labute approximate surface area is 167 Å². The van der Waals surface area contributed by atoms with Crippen molar-refractivity contribution in [1.29, 1.82) is 0 Å². The molecule has 2 rings (SSSR count). The summed E-state index contributed by atoms with van der Waals surface area (Å²) in [6.07, 6.45) is 0. The van der Waals surface area contributed by atoms with Crippen LogP contribution in [-0.4, -0.2) is 75.1 Å². The Bertz CT molecular complexity index is 473. The Morgan fingerprint density at radius 1 is 0.480 bits per heavy atom. The molecule has 0 aliphatic carbocycles. The topological polar surface area (TPSA) is 13.0 Å². The molecule has 0 radical (unpaired) electrons. The predicted molar refractivity (Wildman–Crippen MR) is 112 cm³/mol. The number of hydrogen-bond donors (Lipinski definition) is 0. The van der Waals surface area contributed by atoms with E-state index < -0.39 is 0 Å². The van der Waals surface area contributed by atoms with Crippen molar-refractivity contribution in [3.8, 4) is 0 Å². The van der Waals surface area contributed by atoms with Crippen molar-refractivity contribution < 1.29 is 17.1 Å². The molecule has 0 bridgehead atoms. The molecule has 142 valence electrons.